The molecule has 1 aromatic heterocycles. The first-order valence-electron chi connectivity index (χ1n) is 10.7. The molecule has 1 spiro atoms. The molecule has 5 heteroatoms. The topological polar surface area (TPSA) is 39.7 Å². The van der Waals surface area contributed by atoms with Gasteiger partial charge in [-0.15, -0.1) is 0 Å². The summed E-state index contributed by atoms with van der Waals surface area (Å²) in [5, 5.41) is 0. The van der Waals surface area contributed by atoms with Gasteiger partial charge in [0.05, 0.1) is 0 Å². The number of aromatic nitrogens is 1. The molecule has 1 saturated carbocycles. The number of carbonyl (C=O) groups excluding carboxylic acids is 1. The van der Waals surface area contributed by atoms with Crippen LogP contribution < -0.4 is 0 Å². The first-order valence-corrected chi connectivity index (χ1v) is 10.7. The highest BCUT2D eigenvalue weighted by molar-refractivity contribution is 5.76. The number of pyridine rings is 1. The smallest absolute Gasteiger partial charge is 0.222 e. The average molecular weight is 371 g/mol. The van der Waals surface area contributed by atoms with E-state index in [1.54, 1.807) is 0 Å². The van der Waals surface area contributed by atoms with E-state index in [1.165, 1.54) is 24.8 Å². The van der Waals surface area contributed by atoms with Crippen molar-refractivity contribution in [1.82, 2.24) is 19.7 Å². The predicted molar refractivity (Wildman–Crippen MR) is 108 cm³/mol. The summed E-state index contributed by atoms with van der Waals surface area (Å²) in [4.78, 5) is 24.2. The van der Waals surface area contributed by atoms with E-state index in [0.29, 0.717) is 5.91 Å². The van der Waals surface area contributed by atoms with Crippen LogP contribution >= 0.6 is 0 Å². The molecule has 0 radical (unpaired) electrons. The quantitative estimate of drug-likeness (QED) is 0.771. The molecular formula is C22H34N4O. The fourth-order valence-electron chi connectivity index (χ4n) is 4.82. The first kappa shape index (κ1) is 18.9. The molecule has 0 N–H and O–H groups in total. The molecule has 1 aliphatic carbocycles. The zero-order valence-electron chi connectivity index (χ0n) is 16.8. The van der Waals surface area contributed by atoms with Crippen LogP contribution in [0, 0.1) is 5.92 Å². The van der Waals surface area contributed by atoms with E-state index in [-0.39, 0.29) is 5.54 Å². The highest BCUT2D eigenvalue weighted by Gasteiger charge is 2.42. The number of hydrogen-bond acceptors (Lipinski definition) is 4. The number of hydrogen-bond donors (Lipinski definition) is 0. The number of piperazine rings is 1. The Morgan fingerprint density at radius 3 is 2.89 bits per heavy atom. The zero-order valence-corrected chi connectivity index (χ0v) is 16.8. The van der Waals surface area contributed by atoms with E-state index >= 15 is 0 Å². The van der Waals surface area contributed by atoms with Crippen molar-refractivity contribution in [2.24, 2.45) is 5.92 Å². The van der Waals surface area contributed by atoms with Gasteiger partial charge >= 0.3 is 0 Å². The van der Waals surface area contributed by atoms with Crippen molar-refractivity contribution in [3.8, 4) is 0 Å². The lowest BCUT2D eigenvalue weighted by Crippen LogP contribution is -2.61. The van der Waals surface area contributed by atoms with Gasteiger partial charge in [0.2, 0.25) is 5.91 Å². The summed E-state index contributed by atoms with van der Waals surface area (Å²) in [5.74, 6) is 1.18. The van der Waals surface area contributed by atoms with Crippen molar-refractivity contribution in [3.63, 3.8) is 0 Å². The van der Waals surface area contributed by atoms with Crippen molar-refractivity contribution in [2.75, 3.05) is 46.3 Å². The van der Waals surface area contributed by atoms with Crippen molar-refractivity contribution in [2.45, 2.75) is 50.5 Å². The summed E-state index contributed by atoms with van der Waals surface area (Å²) in [6.07, 6.45) is 11.6. The van der Waals surface area contributed by atoms with Gasteiger partial charge in [-0.3, -0.25) is 14.7 Å². The van der Waals surface area contributed by atoms with Gasteiger partial charge in [-0.1, -0.05) is 6.07 Å². The molecule has 148 valence electrons. The van der Waals surface area contributed by atoms with E-state index in [2.05, 4.69) is 32.8 Å². The van der Waals surface area contributed by atoms with Gasteiger partial charge in [-0.25, -0.2) is 0 Å². The molecule has 3 fully saturated rings. The Morgan fingerprint density at radius 1 is 1.22 bits per heavy atom. The number of amides is 1. The predicted octanol–water partition coefficient (Wildman–Crippen LogP) is 2.42. The minimum atomic E-state index is 0.181. The largest absolute Gasteiger partial charge is 0.342 e. The van der Waals surface area contributed by atoms with E-state index in [4.69, 9.17) is 0 Å². The van der Waals surface area contributed by atoms with Gasteiger partial charge in [0, 0.05) is 57.1 Å². The zero-order chi connectivity index (χ0) is 18.7. The highest BCUT2D eigenvalue weighted by Crippen LogP contribution is 2.35. The van der Waals surface area contributed by atoms with Crippen molar-refractivity contribution in [3.05, 3.63) is 30.1 Å². The molecule has 2 aliphatic heterocycles. The van der Waals surface area contributed by atoms with Gasteiger partial charge in [-0.05, 0) is 69.7 Å². The highest BCUT2D eigenvalue weighted by atomic mass is 16.2. The second-order valence-electron chi connectivity index (χ2n) is 8.92. The van der Waals surface area contributed by atoms with Gasteiger partial charge in [-0.2, -0.15) is 0 Å². The summed E-state index contributed by atoms with van der Waals surface area (Å²) in [7, 11) is 2.27. The summed E-state index contributed by atoms with van der Waals surface area (Å²) >= 11 is 0. The molecular weight excluding hydrogens is 336 g/mol. The molecule has 1 atom stereocenters. The third-order valence-electron chi connectivity index (χ3n) is 6.92. The molecule has 3 heterocycles. The molecule has 27 heavy (non-hydrogen) atoms. The second kappa shape index (κ2) is 8.27. The van der Waals surface area contributed by atoms with Crippen LogP contribution in [0.4, 0.5) is 0 Å². The minimum absolute atomic E-state index is 0.181. The average Bonchev–Trinajstić information content (AvgIpc) is 3.51. The molecule has 5 nitrogen and oxygen atoms in total. The number of rotatable bonds is 6. The molecule has 2 saturated heterocycles. The van der Waals surface area contributed by atoms with Crippen LogP contribution in [0.3, 0.4) is 0 Å². The Balaban J connectivity index is 1.32. The maximum absolute atomic E-state index is 12.6. The fraction of sp³-hybridized carbons (Fsp3) is 0.727. The molecule has 3 aliphatic rings. The number of carbonyl (C=O) groups is 1. The standard InChI is InChI=1S/C22H34N4O/c1-24-14-15-25(12-3-5-19-4-2-11-23-16-19)18-22(24)9-8-21(27)26(13-10-22)17-20-6-7-20/h2,4,11,16,20H,3,5-10,12-15,17-18H2,1H3. The number of nitrogens with zero attached hydrogens (tertiary/aromatic N) is 4. The second-order valence-corrected chi connectivity index (χ2v) is 8.92. The van der Waals surface area contributed by atoms with Gasteiger partial charge < -0.3 is 9.80 Å². The maximum atomic E-state index is 12.6. The van der Waals surface area contributed by atoms with Crippen LogP contribution in [0.5, 0.6) is 0 Å². The first-order chi connectivity index (χ1) is 13.1. The Hall–Kier alpha value is -1.46. The third-order valence-corrected chi connectivity index (χ3v) is 6.92. The normalized spacial score (nSPS) is 27.9. The number of aryl methyl sites for hydroxylation is 1. The number of likely N-dealkylation sites (tertiary alicyclic amines) is 1. The SMILES string of the molecule is CN1CCN(CCCc2cccnc2)CC12CCC(=O)N(CC1CC1)CC2. The summed E-state index contributed by atoms with van der Waals surface area (Å²) in [6, 6.07) is 4.19. The Kier molecular flexibility index (Phi) is 5.79. The van der Waals surface area contributed by atoms with Gasteiger partial charge in [0.15, 0.2) is 0 Å². The summed E-state index contributed by atoms with van der Waals surface area (Å²) in [6.45, 7) is 6.47. The number of likely N-dealkylation sites (N-methyl/N-ethyl adjacent to an activating group) is 1. The lowest BCUT2D eigenvalue weighted by molar-refractivity contribution is -0.131. The lowest BCUT2D eigenvalue weighted by atomic mass is 9.86. The Labute approximate surface area is 163 Å². The van der Waals surface area contributed by atoms with E-state index in [1.807, 2.05) is 18.5 Å². The lowest BCUT2D eigenvalue weighted by Gasteiger charge is -2.49. The fourth-order valence-corrected chi connectivity index (χ4v) is 4.82. The summed E-state index contributed by atoms with van der Waals surface area (Å²) < 4.78 is 0. The molecule has 0 aromatic carbocycles. The van der Waals surface area contributed by atoms with Gasteiger partial charge in [0.1, 0.15) is 0 Å². The van der Waals surface area contributed by atoms with Crippen molar-refractivity contribution in [1.29, 1.82) is 0 Å². The van der Waals surface area contributed by atoms with Crippen LogP contribution in [0.15, 0.2) is 24.5 Å². The minimum Gasteiger partial charge on any atom is -0.342 e. The Bertz CT molecular complexity index is 632. The molecule has 0 bridgehead atoms. The maximum Gasteiger partial charge on any atom is 0.222 e. The van der Waals surface area contributed by atoms with Crippen molar-refractivity contribution < 1.29 is 4.79 Å². The van der Waals surface area contributed by atoms with E-state index < -0.39 is 0 Å². The van der Waals surface area contributed by atoms with E-state index in [9.17, 15) is 4.79 Å². The van der Waals surface area contributed by atoms with Crippen LogP contribution in [0.2, 0.25) is 0 Å². The van der Waals surface area contributed by atoms with Gasteiger partial charge in [0.25, 0.3) is 0 Å². The van der Waals surface area contributed by atoms with Crippen LogP contribution in [-0.2, 0) is 11.2 Å². The molecule has 1 aromatic rings. The third kappa shape index (κ3) is 4.69. The molecule has 1 unspecified atom stereocenters. The molecule has 1 amide bonds. The van der Waals surface area contributed by atoms with Crippen LogP contribution in [0.1, 0.15) is 44.1 Å². The van der Waals surface area contributed by atoms with Crippen molar-refractivity contribution >= 4 is 5.91 Å². The van der Waals surface area contributed by atoms with Crippen LogP contribution in [-0.4, -0.2) is 77.4 Å². The van der Waals surface area contributed by atoms with Crippen LogP contribution in [0.25, 0.3) is 0 Å². The molecule has 4 rings (SSSR count). The van der Waals surface area contributed by atoms with E-state index in [0.717, 1.165) is 70.9 Å². The Morgan fingerprint density at radius 2 is 2.11 bits per heavy atom. The summed E-state index contributed by atoms with van der Waals surface area (Å²) in [5.41, 5.74) is 1.51. The monoisotopic (exact) mass is 370 g/mol.